The SMILES string of the molecule is C[C@H](NCCCn1cccn1)c1cc2ccccc2o1. The molecular formula is C16H19N3O. The van der Waals surface area contributed by atoms with Crippen molar-refractivity contribution in [1.29, 1.82) is 0 Å². The molecule has 104 valence electrons. The highest BCUT2D eigenvalue weighted by Gasteiger charge is 2.10. The second-order valence-electron chi connectivity index (χ2n) is 4.99. The van der Waals surface area contributed by atoms with Crippen LogP contribution in [0.4, 0.5) is 0 Å². The Bertz CT molecular complexity index is 624. The van der Waals surface area contributed by atoms with E-state index in [-0.39, 0.29) is 6.04 Å². The average Bonchev–Trinajstić information content (AvgIpc) is 3.12. The van der Waals surface area contributed by atoms with Gasteiger partial charge in [-0.1, -0.05) is 18.2 Å². The van der Waals surface area contributed by atoms with Crippen LogP contribution in [0.3, 0.4) is 0 Å². The Morgan fingerprint density at radius 1 is 1.30 bits per heavy atom. The largest absolute Gasteiger partial charge is 0.459 e. The quantitative estimate of drug-likeness (QED) is 0.698. The molecule has 0 aliphatic rings. The highest BCUT2D eigenvalue weighted by Crippen LogP contribution is 2.23. The van der Waals surface area contributed by atoms with Crippen LogP contribution in [0.1, 0.15) is 25.1 Å². The Morgan fingerprint density at radius 2 is 2.20 bits per heavy atom. The number of aryl methyl sites for hydroxylation is 1. The van der Waals surface area contributed by atoms with Crippen molar-refractivity contribution in [2.75, 3.05) is 6.54 Å². The smallest absolute Gasteiger partial charge is 0.134 e. The molecule has 3 rings (SSSR count). The number of furan rings is 1. The maximum absolute atomic E-state index is 5.85. The first-order valence-electron chi connectivity index (χ1n) is 7.02. The van der Waals surface area contributed by atoms with E-state index in [1.807, 2.05) is 41.3 Å². The van der Waals surface area contributed by atoms with E-state index in [0.29, 0.717) is 0 Å². The molecule has 0 saturated carbocycles. The van der Waals surface area contributed by atoms with Gasteiger partial charge in [-0.25, -0.2) is 0 Å². The molecule has 1 aromatic carbocycles. The van der Waals surface area contributed by atoms with Gasteiger partial charge in [0.15, 0.2) is 0 Å². The number of rotatable bonds is 6. The van der Waals surface area contributed by atoms with Crippen LogP contribution in [0, 0.1) is 0 Å². The number of hydrogen-bond acceptors (Lipinski definition) is 3. The number of aromatic nitrogens is 2. The van der Waals surface area contributed by atoms with Crippen LogP contribution in [-0.2, 0) is 6.54 Å². The fraction of sp³-hybridized carbons (Fsp3) is 0.312. The molecule has 0 spiro atoms. The van der Waals surface area contributed by atoms with Crippen molar-refractivity contribution in [1.82, 2.24) is 15.1 Å². The highest BCUT2D eigenvalue weighted by atomic mass is 16.3. The van der Waals surface area contributed by atoms with E-state index >= 15 is 0 Å². The zero-order chi connectivity index (χ0) is 13.8. The highest BCUT2D eigenvalue weighted by molar-refractivity contribution is 5.77. The fourth-order valence-electron chi connectivity index (χ4n) is 2.31. The third-order valence-corrected chi connectivity index (χ3v) is 3.45. The van der Waals surface area contributed by atoms with Gasteiger partial charge in [0.2, 0.25) is 0 Å². The van der Waals surface area contributed by atoms with Crippen molar-refractivity contribution in [3.8, 4) is 0 Å². The van der Waals surface area contributed by atoms with Crippen LogP contribution >= 0.6 is 0 Å². The maximum atomic E-state index is 5.85. The van der Waals surface area contributed by atoms with Crippen LogP contribution in [0.25, 0.3) is 11.0 Å². The molecule has 0 bridgehead atoms. The van der Waals surface area contributed by atoms with Gasteiger partial charge < -0.3 is 9.73 Å². The standard InChI is InChI=1S/C16H19N3O/c1-13(17-8-4-10-19-11-5-9-18-19)16-12-14-6-2-3-7-15(14)20-16/h2-3,5-7,9,11-13,17H,4,8,10H2,1H3/t13-/m0/s1. The van der Waals surface area contributed by atoms with E-state index in [9.17, 15) is 0 Å². The Hall–Kier alpha value is -2.07. The minimum atomic E-state index is 0.222. The molecule has 20 heavy (non-hydrogen) atoms. The molecule has 0 saturated heterocycles. The lowest BCUT2D eigenvalue weighted by Crippen LogP contribution is -2.20. The van der Waals surface area contributed by atoms with E-state index in [4.69, 9.17) is 4.42 Å². The van der Waals surface area contributed by atoms with Gasteiger partial charge in [0.1, 0.15) is 11.3 Å². The summed E-state index contributed by atoms with van der Waals surface area (Å²) >= 11 is 0. The van der Waals surface area contributed by atoms with E-state index in [0.717, 1.165) is 36.2 Å². The van der Waals surface area contributed by atoms with Crippen LogP contribution in [0.15, 0.2) is 53.2 Å². The minimum Gasteiger partial charge on any atom is -0.459 e. The number of nitrogens with one attached hydrogen (secondary N) is 1. The molecule has 3 aromatic rings. The number of para-hydroxylation sites is 1. The van der Waals surface area contributed by atoms with Crippen molar-refractivity contribution >= 4 is 11.0 Å². The average molecular weight is 269 g/mol. The van der Waals surface area contributed by atoms with E-state index in [1.54, 1.807) is 0 Å². The summed E-state index contributed by atoms with van der Waals surface area (Å²) in [6.45, 7) is 4.01. The van der Waals surface area contributed by atoms with Gasteiger partial charge in [0.25, 0.3) is 0 Å². The van der Waals surface area contributed by atoms with Gasteiger partial charge >= 0.3 is 0 Å². The zero-order valence-corrected chi connectivity index (χ0v) is 11.6. The first-order chi connectivity index (χ1) is 9.83. The van der Waals surface area contributed by atoms with Crippen LogP contribution < -0.4 is 5.32 Å². The topological polar surface area (TPSA) is 43.0 Å². The van der Waals surface area contributed by atoms with E-state index in [2.05, 4.69) is 29.5 Å². The van der Waals surface area contributed by atoms with Crippen molar-refractivity contribution in [2.45, 2.75) is 25.9 Å². The summed E-state index contributed by atoms with van der Waals surface area (Å²) in [6.07, 6.45) is 4.85. The summed E-state index contributed by atoms with van der Waals surface area (Å²) in [5.41, 5.74) is 0.952. The summed E-state index contributed by atoms with van der Waals surface area (Å²) in [7, 11) is 0. The molecule has 4 heteroatoms. The molecule has 1 atom stereocenters. The summed E-state index contributed by atoms with van der Waals surface area (Å²) in [5, 5.41) is 8.84. The molecule has 0 aliphatic carbocycles. The Balaban J connectivity index is 1.52. The predicted octanol–water partition coefficient (Wildman–Crippen LogP) is 3.37. The van der Waals surface area contributed by atoms with Crippen LogP contribution in [0.5, 0.6) is 0 Å². The lowest BCUT2D eigenvalue weighted by atomic mass is 10.2. The molecule has 0 aliphatic heterocycles. The Labute approximate surface area is 118 Å². The molecule has 4 nitrogen and oxygen atoms in total. The monoisotopic (exact) mass is 269 g/mol. The second-order valence-corrected chi connectivity index (χ2v) is 4.99. The molecule has 0 radical (unpaired) electrons. The Kier molecular flexibility index (Phi) is 3.83. The van der Waals surface area contributed by atoms with Gasteiger partial charge in [0.05, 0.1) is 6.04 Å². The predicted molar refractivity (Wildman–Crippen MR) is 79.5 cm³/mol. The zero-order valence-electron chi connectivity index (χ0n) is 11.6. The lowest BCUT2D eigenvalue weighted by molar-refractivity contribution is 0.438. The first kappa shape index (κ1) is 12.9. The number of benzene rings is 1. The Morgan fingerprint density at radius 3 is 3.00 bits per heavy atom. The van der Waals surface area contributed by atoms with Gasteiger partial charge in [-0.15, -0.1) is 0 Å². The summed E-state index contributed by atoms with van der Waals surface area (Å²) < 4.78 is 7.80. The molecule has 0 unspecified atom stereocenters. The molecular weight excluding hydrogens is 250 g/mol. The lowest BCUT2D eigenvalue weighted by Gasteiger charge is -2.10. The normalized spacial score (nSPS) is 12.8. The van der Waals surface area contributed by atoms with Crippen molar-refractivity contribution < 1.29 is 4.42 Å². The molecule has 2 heterocycles. The number of nitrogens with zero attached hydrogens (tertiary/aromatic N) is 2. The van der Waals surface area contributed by atoms with Crippen LogP contribution in [0.2, 0.25) is 0 Å². The second kappa shape index (κ2) is 5.92. The van der Waals surface area contributed by atoms with Gasteiger partial charge in [-0.05, 0) is 38.1 Å². The van der Waals surface area contributed by atoms with Crippen molar-refractivity contribution in [2.24, 2.45) is 0 Å². The van der Waals surface area contributed by atoms with E-state index in [1.165, 1.54) is 0 Å². The summed E-state index contributed by atoms with van der Waals surface area (Å²) in [4.78, 5) is 0. The molecule has 1 N–H and O–H groups in total. The molecule has 0 amide bonds. The van der Waals surface area contributed by atoms with Crippen molar-refractivity contribution in [3.05, 3.63) is 54.6 Å². The summed E-state index contributed by atoms with van der Waals surface area (Å²) in [6, 6.07) is 12.4. The number of hydrogen-bond donors (Lipinski definition) is 1. The van der Waals surface area contributed by atoms with Crippen LogP contribution in [-0.4, -0.2) is 16.3 Å². The summed E-state index contributed by atoms with van der Waals surface area (Å²) in [5.74, 6) is 0.991. The number of fused-ring (bicyclic) bond motifs is 1. The van der Waals surface area contributed by atoms with Gasteiger partial charge in [0, 0.05) is 24.3 Å². The van der Waals surface area contributed by atoms with E-state index < -0.39 is 0 Å². The van der Waals surface area contributed by atoms with Gasteiger partial charge in [-0.2, -0.15) is 5.10 Å². The first-order valence-corrected chi connectivity index (χ1v) is 7.02. The maximum Gasteiger partial charge on any atom is 0.134 e. The third-order valence-electron chi connectivity index (χ3n) is 3.45. The minimum absolute atomic E-state index is 0.222. The fourth-order valence-corrected chi connectivity index (χ4v) is 2.31. The van der Waals surface area contributed by atoms with Crippen molar-refractivity contribution in [3.63, 3.8) is 0 Å². The van der Waals surface area contributed by atoms with Gasteiger partial charge in [-0.3, -0.25) is 4.68 Å². The molecule has 2 aromatic heterocycles. The molecule has 0 fully saturated rings. The third kappa shape index (κ3) is 2.91.